The van der Waals surface area contributed by atoms with Gasteiger partial charge in [0.2, 0.25) is 0 Å². The summed E-state index contributed by atoms with van der Waals surface area (Å²) in [7, 11) is 2.09. The van der Waals surface area contributed by atoms with Gasteiger partial charge in [-0.1, -0.05) is 12.1 Å². The lowest BCUT2D eigenvalue weighted by Gasteiger charge is -2.18. The van der Waals surface area contributed by atoms with Crippen molar-refractivity contribution >= 4 is 28.6 Å². The van der Waals surface area contributed by atoms with E-state index in [0.717, 1.165) is 17.8 Å². The predicted octanol–water partition coefficient (Wildman–Crippen LogP) is 3.83. The first kappa shape index (κ1) is 12.4. The molecule has 0 saturated heterocycles. The minimum absolute atomic E-state index is 0.567. The summed E-state index contributed by atoms with van der Waals surface area (Å²) < 4.78 is 0. The molecule has 0 N–H and O–H groups in total. The van der Waals surface area contributed by atoms with Crippen LogP contribution in [0.15, 0.2) is 29.8 Å². The van der Waals surface area contributed by atoms with Gasteiger partial charge in [0.15, 0.2) is 0 Å². The molecule has 1 heterocycles. The summed E-state index contributed by atoms with van der Waals surface area (Å²) in [6.07, 6.45) is 0. The molecule has 0 fully saturated rings. The summed E-state index contributed by atoms with van der Waals surface area (Å²) in [6.45, 7) is 2.95. The van der Waals surface area contributed by atoms with Gasteiger partial charge in [0, 0.05) is 23.5 Å². The van der Waals surface area contributed by atoms with Crippen molar-refractivity contribution in [2.75, 3.05) is 11.9 Å². The average Bonchev–Trinajstić information content (AvgIpc) is 2.75. The number of halogens is 1. The van der Waals surface area contributed by atoms with E-state index in [0.29, 0.717) is 5.88 Å². The molecular weight excluding hydrogens is 252 g/mol. The number of benzene rings is 1. The predicted molar refractivity (Wildman–Crippen MR) is 75.0 cm³/mol. The summed E-state index contributed by atoms with van der Waals surface area (Å²) in [6, 6.07) is 8.35. The Labute approximate surface area is 111 Å². The van der Waals surface area contributed by atoms with E-state index in [1.54, 1.807) is 11.3 Å². The standard InChI is InChI=1S/C13H15ClN2S/c1-10-13(17-9-15-10)8-16(2)12-5-3-11(7-14)4-6-12/h3-6,9H,7-8H2,1-2H3. The van der Waals surface area contributed by atoms with Crippen LogP contribution in [-0.2, 0) is 12.4 Å². The SMILES string of the molecule is Cc1ncsc1CN(C)c1ccc(CCl)cc1. The third-order valence-corrected chi connectivity index (χ3v) is 3.99. The van der Waals surface area contributed by atoms with Gasteiger partial charge in [-0.15, -0.1) is 22.9 Å². The van der Waals surface area contributed by atoms with E-state index in [1.807, 2.05) is 5.51 Å². The summed E-state index contributed by atoms with van der Waals surface area (Å²) in [5.74, 6) is 0.567. The van der Waals surface area contributed by atoms with E-state index in [4.69, 9.17) is 11.6 Å². The fourth-order valence-electron chi connectivity index (χ4n) is 1.62. The highest BCUT2D eigenvalue weighted by molar-refractivity contribution is 7.09. The van der Waals surface area contributed by atoms with Crippen molar-refractivity contribution in [1.29, 1.82) is 0 Å². The number of aromatic nitrogens is 1. The Morgan fingerprint density at radius 2 is 2.00 bits per heavy atom. The number of hydrogen-bond acceptors (Lipinski definition) is 3. The average molecular weight is 267 g/mol. The number of anilines is 1. The first-order valence-electron chi connectivity index (χ1n) is 5.45. The third-order valence-electron chi connectivity index (χ3n) is 2.76. The number of thiazole rings is 1. The second kappa shape index (κ2) is 5.52. The van der Waals surface area contributed by atoms with Crippen LogP contribution >= 0.6 is 22.9 Å². The summed E-state index contributed by atoms with van der Waals surface area (Å²) in [5.41, 5.74) is 5.37. The van der Waals surface area contributed by atoms with Gasteiger partial charge in [0.05, 0.1) is 17.7 Å². The van der Waals surface area contributed by atoms with Crippen molar-refractivity contribution < 1.29 is 0 Å². The molecule has 2 rings (SSSR count). The van der Waals surface area contributed by atoms with E-state index in [1.165, 1.54) is 10.6 Å². The molecule has 0 radical (unpaired) electrons. The summed E-state index contributed by atoms with van der Waals surface area (Å²) in [4.78, 5) is 7.80. The second-order valence-electron chi connectivity index (χ2n) is 4.02. The Hall–Kier alpha value is -1.06. The van der Waals surface area contributed by atoms with E-state index >= 15 is 0 Å². The number of alkyl halides is 1. The smallest absolute Gasteiger partial charge is 0.0798 e. The Bertz CT molecular complexity index is 478. The molecule has 0 unspecified atom stereocenters. The minimum atomic E-state index is 0.567. The largest absolute Gasteiger partial charge is 0.369 e. The van der Waals surface area contributed by atoms with Gasteiger partial charge in [-0.3, -0.25) is 0 Å². The van der Waals surface area contributed by atoms with E-state index in [-0.39, 0.29) is 0 Å². The van der Waals surface area contributed by atoms with Gasteiger partial charge >= 0.3 is 0 Å². The zero-order valence-corrected chi connectivity index (χ0v) is 11.6. The molecule has 0 aliphatic heterocycles. The topological polar surface area (TPSA) is 16.1 Å². The number of aryl methyl sites for hydroxylation is 1. The maximum atomic E-state index is 5.77. The zero-order valence-electron chi connectivity index (χ0n) is 9.98. The molecular formula is C13H15ClN2S. The Balaban J connectivity index is 2.09. The molecule has 2 nitrogen and oxygen atoms in total. The summed E-state index contributed by atoms with van der Waals surface area (Å²) >= 11 is 7.48. The van der Waals surface area contributed by atoms with Gasteiger partial charge in [-0.05, 0) is 24.6 Å². The lowest BCUT2D eigenvalue weighted by molar-refractivity contribution is 0.925. The molecule has 1 aromatic heterocycles. The fourth-order valence-corrected chi connectivity index (χ4v) is 2.63. The molecule has 0 spiro atoms. The third kappa shape index (κ3) is 2.99. The monoisotopic (exact) mass is 266 g/mol. The molecule has 0 amide bonds. The molecule has 90 valence electrons. The fraction of sp³-hybridized carbons (Fsp3) is 0.308. The van der Waals surface area contributed by atoms with Crippen LogP contribution in [0.2, 0.25) is 0 Å². The van der Waals surface area contributed by atoms with E-state index in [2.05, 4.69) is 48.1 Å². The Morgan fingerprint density at radius 3 is 2.53 bits per heavy atom. The highest BCUT2D eigenvalue weighted by Crippen LogP contribution is 2.20. The first-order chi connectivity index (χ1) is 8.20. The van der Waals surface area contributed by atoms with Crippen LogP contribution in [0.25, 0.3) is 0 Å². The zero-order chi connectivity index (χ0) is 12.3. The molecule has 4 heteroatoms. The van der Waals surface area contributed by atoms with E-state index < -0.39 is 0 Å². The van der Waals surface area contributed by atoms with Gasteiger partial charge in [0.25, 0.3) is 0 Å². The number of hydrogen-bond donors (Lipinski definition) is 0. The highest BCUT2D eigenvalue weighted by Gasteiger charge is 2.06. The number of nitrogens with zero attached hydrogens (tertiary/aromatic N) is 2. The first-order valence-corrected chi connectivity index (χ1v) is 6.87. The van der Waals surface area contributed by atoms with Crippen LogP contribution in [0.3, 0.4) is 0 Å². The van der Waals surface area contributed by atoms with Crippen molar-refractivity contribution in [1.82, 2.24) is 4.98 Å². The van der Waals surface area contributed by atoms with Gasteiger partial charge < -0.3 is 4.90 Å². The second-order valence-corrected chi connectivity index (χ2v) is 5.22. The molecule has 1 aromatic carbocycles. The van der Waals surface area contributed by atoms with Crippen molar-refractivity contribution in [3.63, 3.8) is 0 Å². The Morgan fingerprint density at radius 1 is 1.29 bits per heavy atom. The molecule has 0 aliphatic carbocycles. The van der Waals surface area contributed by atoms with Crippen LogP contribution in [-0.4, -0.2) is 12.0 Å². The van der Waals surface area contributed by atoms with Crippen molar-refractivity contribution in [3.05, 3.63) is 45.9 Å². The van der Waals surface area contributed by atoms with Crippen LogP contribution in [0.1, 0.15) is 16.1 Å². The maximum absolute atomic E-state index is 5.77. The van der Waals surface area contributed by atoms with Crippen LogP contribution in [0.5, 0.6) is 0 Å². The molecule has 0 bridgehead atoms. The molecule has 2 aromatic rings. The van der Waals surface area contributed by atoms with Gasteiger partial charge in [-0.2, -0.15) is 0 Å². The van der Waals surface area contributed by atoms with Crippen LogP contribution < -0.4 is 4.90 Å². The van der Waals surface area contributed by atoms with Gasteiger partial charge in [-0.25, -0.2) is 4.98 Å². The highest BCUT2D eigenvalue weighted by atomic mass is 35.5. The normalized spacial score (nSPS) is 10.5. The van der Waals surface area contributed by atoms with Gasteiger partial charge in [0.1, 0.15) is 0 Å². The van der Waals surface area contributed by atoms with Crippen molar-refractivity contribution in [2.45, 2.75) is 19.3 Å². The maximum Gasteiger partial charge on any atom is 0.0798 e. The molecule has 0 atom stereocenters. The lowest BCUT2D eigenvalue weighted by atomic mass is 10.2. The van der Waals surface area contributed by atoms with E-state index in [9.17, 15) is 0 Å². The minimum Gasteiger partial charge on any atom is -0.369 e. The summed E-state index contributed by atoms with van der Waals surface area (Å²) in [5, 5.41) is 0. The lowest BCUT2D eigenvalue weighted by Crippen LogP contribution is -2.16. The molecule has 17 heavy (non-hydrogen) atoms. The Kier molecular flexibility index (Phi) is 4.02. The van der Waals surface area contributed by atoms with Crippen LogP contribution in [0.4, 0.5) is 5.69 Å². The molecule has 0 saturated carbocycles. The van der Waals surface area contributed by atoms with Crippen LogP contribution in [0, 0.1) is 6.92 Å². The number of rotatable bonds is 4. The quantitative estimate of drug-likeness (QED) is 0.782. The van der Waals surface area contributed by atoms with Crippen molar-refractivity contribution in [2.24, 2.45) is 0 Å². The molecule has 0 aliphatic rings. The van der Waals surface area contributed by atoms with Crippen molar-refractivity contribution in [3.8, 4) is 0 Å².